The number of sulfonamides is 1. The number of hydrogen-bond donors (Lipinski definition) is 6. The first kappa shape index (κ1) is 20.1. The van der Waals surface area contributed by atoms with E-state index in [0.717, 1.165) is 0 Å². The number of nitrogens with one attached hydrogen (secondary N) is 1. The van der Waals surface area contributed by atoms with Gasteiger partial charge in [0.15, 0.2) is 6.29 Å². The zero-order chi connectivity index (χ0) is 16.5. The van der Waals surface area contributed by atoms with Gasteiger partial charge in [-0.2, -0.15) is 0 Å². The molecule has 7 N–H and O–H groups in total. The number of nitrogens with two attached hydrogens (primary N) is 1. The van der Waals surface area contributed by atoms with E-state index in [1.807, 2.05) is 0 Å². The van der Waals surface area contributed by atoms with Gasteiger partial charge < -0.3 is 30.9 Å². The molecule has 1 aromatic rings. The fourth-order valence-corrected chi connectivity index (χ4v) is 3.36. The van der Waals surface area contributed by atoms with E-state index in [9.17, 15) is 23.7 Å². The summed E-state index contributed by atoms with van der Waals surface area (Å²) in [5.74, 6) is 0. The molecular weight excluding hydrogens is 352 g/mol. The summed E-state index contributed by atoms with van der Waals surface area (Å²) in [6.07, 6.45) is -6.13. The molecule has 9 nitrogen and oxygen atoms in total. The first-order valence-electron chi connectivity index (χ1n) is 6.44. The van der Waals surface area contributed by atoms with Crippen LogP contribution in [0.2, 0.25) is 0 Å². The number of aliphatic hydroxyl groups excluding tert-OH is 4. The lowest BCUT2D eigenvalue weighted by atomic mass is 9.98. The summed E-state index contributed by atoms with van der Waals surface area (Å²) in [5.41, 5.74) is 5.85. The van der Waals surface area contributed by atoms with Crippen LogP contribution in [0.1, 0.15) is 0 Å². The molecule has 1 saturated heterocycles. The summed E-state index contributed by atoms with van der Waals surface area (Å²) >= 11 is 0. The van der Waals surface area contributed by atoms with Gasteiger partial charge in [-0.05, 0) is 24.3 Å². The van der Waals surface area contributed by atoms with Gasteiger partial charge in [0.2, 0.25) is 10.0 Å². The Morgan fingerprint density at radius 3 is 2.22 bits per heavy atom. The molecule has 1 fully saturated rings. The summed E-state index contributed by atoms with van der Waals surface area (Å²) < 4.78 is 31.4. The van der Waals surface area contributed by atoms with Crippen molar-refractivity contribution < 1.29 is 33.6 Å². The SMILES string of the molecule is Cl.Nc1ccc(S(=O)(=O)N[C@H]2C(O)O[C@H](CO)[C@@H](O)[C@@H]2O)cc1. The smallest absolute Gasteiger partial charge is 0.241 e. The van der Waals surface area contributed by atoms with Crippen molar-refractivity contribution in [1.29, 1.82) is 0 Å². The summed E-state index contributed by atoms with van der Waals surface area (Å²) in [4.78, 5) is -0.125. The molecule has 1 aliphatic heterocycles. The van der Waals surface area contributed by atoms with Gasteiger partial charge in [0, 0.05) is 5.69 Å². The van der Waals surface area contributed by atoms with Crippen LogP contribution in [0, 0.1) is 0 Å². The summed E-state index contributed by atoms with van der Waals surface area (Å²) in [6, 6.07) is 3.80. The van der Waals surface area contributed by atoms with E-state index in [0.29, 0.717) is 5.69 Å². The molecule has 1 unspecified atom stereocenters. The van der Waals surface area contributed by atoms with Crippen LogP contribution in [-0.2, 0) is 14.8 Å². The second kappa shape index (κ2) is 7.73. The highest BCUT2D eigenvalue weighted by Gasteiger charge is 2.45. The van der Waals surface area contributed by atoms with Crippen LogP contribution in [-0.4, -0.2) is 66.1 Å². The maximum atomic E-state index is 12.2. The number of rotatable bonds is 4. The van der Waals surface area contributed by atoms with E-state index in [1.54, 1.807) is 0 Å². The Balaban J connectivity index is 0.00000264. The molecule has 0 amide bonds. The first-order chi connectivity index (χ1) is 10.3. The van der Waals surface area contributed by atoms with Gasteiger partial charge in [-0.1, -0.05) is 0 Å². The minimum atomic E-state index is -4.07. The predicted molar refractivity (Wildman–Crippen MR) is 82.2 cm³/mol. The van der Waals surface area contributed by atoms with E-state index < -0.39 is 47.3 Å². The minimum absolute atomic E-state index is 0. The normalized spacial score (nSPS) is 31.4. The highest BCUT2D eigenvalue weighted by molar-refractivity contribution is 7.89. The van der Waals surface area contributed by atoms with Crippen molar-refractivity contribution in [2.75, 3.05) is 12.3 Å². The number of nitrogen functional groups attached to an aromatic ring is 1. The number of halogens is 1. The molecule has 11 heteroatoms. The van der Waals surface area contributed by atoms with Crippen molar-refractivity contribution in [3.05, 3.63) is 24.3 Å². The zero-order valence-electron chi connectivity index (χ0n) is 11.8. The van der Waals surface area contributed by atoms with E-state index in [2.05, 4.69) is 4.72 Å². The molecule has 0 aliphatic carbocycles. The largest absolute Gasteiger partial charge is 0.399 e. The van der Waals surface area contributed by atoms with Crippen LogP contribution >= 0.6 is 12.4 Å². The van der Waals surface area contributed by atoms with Crippen molar-refractivity contribution in [3.63, 3.8) is 0 Å². The molecule has 0 spiro atoms. The van der Waals surface area contributed by atoms with Gasteiger partial charge >= 0.3 is 0 Å². The lowest BCUT2D eigenvalue weighted by Gasteiger charge is -2.40. The van der Waals surface area contributed by atoms with Gasteiger partial charge in [0.25, 0.3) is 0 Å². The quantitative estimate of drug-likeness (QED) is 0.324. The van der Waals surface area contributed by atoms with Crippen molar-refractivity contribution in [2.24, 2.45) is 0 Å². The van der Waals surface area contributed by atoms with Crippen molar-refractivity contribution >= 4 is 28.1 Å². The van der Waals surface area contributed by atoms with Crippen LogP contribution in [0.15, 0.2) is 29.2 Å². The van der Waals surface area contributed by atoms with E-state index in [4.69, 9.17) is 15.6 Å². The lowest BCUT2D eigenvalue weighted by molar-refractivity contribution is -0.251. The molecule has 0 bridgehead atoms. The van der Waals surface area contributed by atoms with E-state index in [-0.39, 0.29) is 17.3 Å². The van der Waals surface area contributed by atoms with Crippen LogP contribution in [0.5, 0.6) is 0 Å². The molecule has 23 heavy (non-hydrogen) atoms. The minimum Gasteiger partial charge on any atom is -0.399 e. The van der Waals surface area contributed by atoms with Gasteiger partial charge in [0.05, 0.1) is 11.5 Å². The van der Waals surface area contributed by atoms with E-state index in [1.165, 1.54) is 24.3 Å². The van der Waals surface area contributed by atoms with Crippen LogP contribution < -0.4 is 10.5 Å². The molecule has 0 aromatic heterocycles. The van der Waals surface area contributed by atoms with Crippen molar-refractivity contribution in [1.82, 2.24) is 4.72 Å². The molecule has 1 aliphatic rings. The average Bonchev–Trinajstić information content (AvgIpc) is 2.48. The Morgan fingerprint density at radius 2 is 1.70 bits per heavy atom. The third-order valence-corrected chi connectivity index (χ3v) is 4.86. The molecule has 1 aromatic carbocycles. The third-order valence-electron chi connectivity index (χ3n) is 3.38. The second-order valence-corrected chi connectivity index (χ2v) is 6.66. The molecule has 0 saturated carbocycles. The molecule has 1 heterocycles. The Morgan fingerprint density at radius 1 is 1.13 bits per heavy atom. The molecule has 0 radical (unpaired) electrons. The standard InChI is InChI=1S/C12H18N2O7S.ClH/c13-6-1-3-7(4-2-6)22(19,20)14-9-11(17)10(16)8(5-15)21-12(9)18;/h1-4,8-12,14-18H,5,13H2;1H/t8-,9-,10-,11-,12?;/m1./s1. The highest BCUT2D eigenvalue weighted by Crippen LogP contribution is 2.22. The van der Waals surface area contributed by atoms with Crippen molar-refractivity contribution in [2.45, 2.75) is 35.5 Å². The molecular formula is C12H19ClN2O7S. The lowest BCUT2D eigenvalue weighted by Crippen LogP contribution is -2.64. The number of anilines is 1. The summed E-state index contributed by atoms with van der Waals surface area (Å²) in [7, 11) is -4.07. The van der Waals surface area contributed by atoms with Gasteiger partial charge in [-0.3, -0.25) is 0 Å². The van der Waals surface area contributed by atoms with Crippen LogP contribution in [0.3, 0.4) is 0 Å². The van der Waals surface area contributed by atoms with E-state index >= 15 is 0 Å². The number of aliphatic hydroxyl groups is 4. The molecule has 5 atom stereocenters. The Bertz CT molecular complexity index is 612. The summed E-state index contributed by atoms with van der Waals surface area (Å²) in [5, 5.41) is 38.4. The topological polar surface area (TPSA) is 162 Å². The number of benzene rings is 1. The van der Waals surface area contributed by atoms with Gasteiger partial charge in [-0.25, -0.2) is 13.1 Å². The molecule has 132 valence electrons. The van der Waals surface area contributed by atoms with Gasteiger partial charge in [-0.15, -0.1) is 12.4 Å². The predicted octanol–water partition coefficient (Wildman–Crippen LogP) is -2.23. The Labute approximate surface area is 139 Å². The number of hydrogen-bond acceptors (Lipinski definition) is 8. The Kier molecular flexibility index (Phi) is 6.74. The third kappa shape index (κ3) is 4.31. The second-order valence-electron chi connectivity index (χ2n) is 4.94. The number of ether oxygens (including phenoxy) is 1. The van der Waals surface area contributed by atoms with Gasteiger partial charge in [0.1, 0.15) is 24.4 Å². The first-order valence-corrected chi connectivity index (χ1v) is 7.93. The fraction of sp³-hybridized carbons (Fsp3) is 0.500. The molecule has 2 rings (SSSR count). The maximum absolute atomic E-state index is 12.2. The zero-order valence-corrected chi connectivity index (χ0v) is 13.4. The monoisotopic (exact) mass is 370 g/mol. The van der Waals surface area contributed by atoms with Crippen LogP contribution in [0.4, 0.5) is 5.69 Å². The van der Waals surface area contributed by atoms with Crippen molar-refractivity contribution in [3.8, 4) is 0 Å². The van der Waals surface area contributed by atoms with Crippen LogP contribution in [0.25, 0.3) is 0 Å². The maximum Gasteiger partial charge on any atom is 0.241 e. The Hall–Kier alpha value is -0.980. The highest BCUT2D eigenvalue weighted by atomic mass is 35.5. The average molecular weight is 371 g/mol. The summed E-state index contributed by atoms with van der Waals surface area (Å²) in [6.45, 7) is -0.632. The fourth-order valence-electron chi connectivity index (χ4n) is 2.12.